The zero-order valence-corrected chi connectivity index (χ0v) is 16.9. The summed E-state index contributed by atoms with van der Waals surface area (Å²) in [6.07, 6.45) is 4.61. The van der Waals surface area contributed by atoms with Crippen LogP contribution in [-0.4, -0.2) is 33.1 Å². The molecule has 3 aromatic rings. The molecule has 0 saturated carbocycles. The van der Waals surface area contributed by atoms with Crippen LogP contribution in [0.15, 0.2) is 48.5 Å². The third-order valence-corrected chi connectivity index (χ3v) is 6.39. The van der Waals surface area contributed by atoms with E-state index in [2.05, 4.69) is 34.9 Å². The minimum absolute atomic E-state index is 0.0801. The van der Waals surface area contributed by atoms with Gasteiger partial charge in [-0.3, -0.25) is 4.79 Å². The summed E-state index contributed by atoms with van der Waals surface area (Å²) >= 11 is 0. The third kappa shape index (κ3) is 3.33. The van der Waals surface area contributed by atoms with Gasteiger partial charge in [0.2, 0.25) is 0 Å². The Morgan fingerprint density at radius 3 is 2.79 bits per heavy atom. The highest BCUT2D eigenvalue weighted by Gasteiger charge is 2.35. The van der Waals surface area contributed by atoms with E-state index < -0.39 is 0 Å². The van der Waals surface area contributed by atoms with Crippen LogP contribution in [0.25, 0.3) is 11.0 Å². The Morgan fingerprint density at radius 2 is 1.97 bits per heavy atom. The van der Waals surface area contributed by atoms with E-state index in [1.807, 2.05) is 30.1 Å². The molecule has 5 rings (SSSR count). The maximum absolute atomic E-state index is 13.5. The van der Waals surface area contributed by atoms with Crippen LogP contribution < -0.4 is 0 Å². The Hall–Kier alpha value is -2.66. The second-order valence-corrected chi connectivity index (χ2v) is 8.15. The van der Waals surface area contributed by atoms with Crippen LogP contribution in [0.1, 0.15) is 48.7 Å². The van der Waals surface area contributed by atoms with Crippen molar-refractivity contribution in [3.05, 3.63) is 65.5 Å². The standard InChI is InChI=1S/C24H27N3O2/c1-26-21-12-5-4-11-19(21)25-23(26)16-27(24(28)22-14-7-15-29-22)20-13-6-9-17-8-2-3-10-18(17)20/h2-5,8,10-12,20,22H,6-7,9,13-16H2,1H3/t20-,22+/m0/s1. The molecule has 2 heterocycles. The quantitative estimate of drug-likeness (QED) is 0.673. The van der Waals surface area contributed by atoms with E-state index >= 15 is 0 Å². The molecule has 150 valence electrons. The number of carbonyl (C=O) groups excluding carboxylic acids is 1. The van der Waals surface area contributed by atoms with E-state index in [1.165, 1.54) is 11.1 Å². The lowest BCUT2D eigenvalue weighted by Gasteiger charge is -2.37. The molecule has 1 aliphatic heterocycles. The summed E-state index contributed by atoms with van der Waals surface area (Å²) in [5.41, 5.74) is 4.71. The summed E-state index contributed by atoms with van der Waals surface area (Å²) in [7, 11) is 2.04. The highest BCUT2D eigenvalue weighted by molar-refractivity contribution is 5.82. The van der Waals surface area contributed by atoms with Crippen molar-refractivity contribution in [2.24, 2.45) is 7.05 Å². The van der Waals surface area contributed by atoms with Crippen LogP contribution in [0.4, 0.5) is 0 Å². The molecule has 2 atom stereocenters. The molecule has 1 aliphatic carbocycles. The summed E-state index contributed by atoms with van der Waals surface area (Å²) in [5.74, 6) is 1.02. The first-order valence-electron chi connectivity index (χ1n) is 10.6. The van der Waals surface area contributed by atoms with Crippen molar-refractivity contribution < 1.29 is 9.53 Å². The van der Waals surface area contributed by atoms with Gasteiger partial charge in [0.25, 0.3) is 5.91 Å². The zero-order valence-electron chi connectivity index (χ0n) is 16.9. The molecule has 2 aliphatic rings. The molecule has 5 nitrogen and oxygen atoms in total. The van der Waals surface area contributed by atoms with Gasteiger partial charge < -0.3 is 14.2 Å². The van der Waals surface area contributed by atoms with E-state index in [4.69, 9.17) is 9.72 Å². The molecule has 1 aromatic heterocycles. The lowest BCUT2D eigenvalue weighted by molar-refractivity contribution is -0.144. The number of hydrogen-bond donors (Lipinski definition) is 0. The molecular formula is C24H27N3O2. The van der Waals surface area contributed by atoms with Gasteiger partial charge in [0.15, 0.2) is 0 Å². The maximum atomic E-state index is 13.5. The van der Waals surface area contributed by atoms with E-state index in [1.54, 1.807) is 0 Å². The monoisotopic (exact) mass is 389 g/mol. The molecule has 2 aromatic carbocycles. The molecule has 5 heteroatoms. The van der Waals surface area contributed by atoms with Crippen molar-refractivity contribution >= 4 is 16.9 Å². The topological polar surface area (TPSA) is 47.4 Å². The van der Waals surface area contributed by atoms with Crippen molar-refractivity contribution in [1.29, 1.82) is 0 Å². The van der Waals surface area contributed by atoms with Gasteiger partial charge in [-0.2, -0.15) is 0 Å². The lowest BCUT2D eigenvalue weighted by Crippen LogP contribution is -2.42. The minimum Gasteiger partial charge on any atom is -0.368 e. The molecule has 29 heavy (non-hydrogen) atoms. The average Bonchev–Trinajstić information content (AvgIpc) is 3.40. The van der Waals surface area contributed by atoms with Gasteiger partial charge in [-0.1, -0.05) is 36.4 Å². The number of rotatable bonds is 4. The number of imidazole rings is 1. The summed E-state index contributed by atoms with van der Waals surface area (Å²) in [6, 6.07) is 16.8. The Morgan fingerprint density at radius 1 is 1.14 bits per heavy atom. The fraction of sp³-hybridized carbons (Fsp3) is 0.417. The molecule has 0 N–H and O–H groups in total. The Labute approximate surface area is 171 Å². The van der Waals surface area contributed by atoms with Crippen molar-refractivity contribution in [2.45, 2.75) is 50.8 Å². The Bertz CT molecular complexity index is 1040. The fourth-order valence-electron chi connectivity index (χ4n) is 4.84. The Balaban J connectivity index is 1.54. The minimum atomic E-state index is -0.321. The van der Waals surface area contributed by atoms with E-state index in [0.29, 0.717) is 13.2 Å². The van der Waals surface area contributed by atoms with Gasteiger partial charge in [-0.05, 0) is 55.4 Å². The first-order chi connectivity index (χ1) is 14.2. The van der Waals surface area contributed by atoms with E-state index in [-0.39, 0.29) is 18.1 Å². The number of hydrogen-bond acceptors (Lipinski definition) is 3. The number of nitrogens with zero attached hydrogens (tertiary/aromatic N) is 3. The largest absolute Gasteiger partial charge is 0.368 e. The molecule has 0 radical (unpaired) electrons. The van der Waals surface area contributed by atoms with Crippen LogP contribution in [0.2, 0.25) is 0 Å². The molecule has 1 fully saturated rings. The number of aryl methyl sites for hydroxylation is 2. The summed E-state index contributed by atoms with van der Waals surface area (Å²) in [5, 5.41) is 0. The smallest absolute Gasteiger partial charge is 0.252 e. The molecule has 0 spiro atoms. The van der Waals surface area contributed by atoms with Crippen LogP contribution in [0.3, 0.4) is 0 Å². The number of benzene rings is 2. The Kier molecular flexibility index (Phi) is 4.84. The molecule has 0 unspecified atom stereocenters. The fourth-order valence-corrected chi connectivity index (χ4v) is 4.84. The zero-order chi connectivity index (χ0) is 19.8. The first kappa shape index (κ1) is 18.4. The number of aromatic nitrogens is 2. The van der Waals surface area contributed by atoms with Crippen LogP contribution in [0.5, 0.6) is 0 Å². The molecule has 0 bridgehead atoms. The van der Waals surface area contributed by atoms with Crippen LogP contribution in [0, 0.1) is 0 Å². The summed E-state index contributed by atoms with van der Waals surface area (Å²) in [4.78, 5) is 20.4. The van der Waals surface area contributed by atoms with Crippen LogP contribution in [-0.2, 0) is 29.5 Å². The predicted octanol–water partition coefficient (Wildman–Crippen LogP) is 4.16. The highest BCUT2D eigenvalue weighted by Crippen LogP contribution is 2.36. The summed E-state index contributed by atoms with van der Waals surface area (Å²) in [6.45, 7) is 1.18. The number of para-hydroxylation sites is 2. The van der Waals surface area contributed by atoms with E-state index in [9.17, 15) is 4.79 Å². The van der Waals surface area contributed by atoms with Gasteiger partial charge in [-0.15, -0.1) is 0 Å². The highest BCUT2D eigenvalue weighted by atomic mass is 16.5. The third-order valence-electron chi connectivity index (χ3n) is 6.39. The van der Waals surface area contributed by atoms with Crippen molar-refractivity contribution in [3.8, 4) is 0 Å². The maximum Gasteiger partial charge on any atom is 0.252 e. The summed E-state index contributed by atoms with van der Waals surface area (Å²) < 4.78 is 7.89. The number of ether oxygens (including phenoxy) is 1. The normalized spacial score (nSPS) is 21.3. The molecular weight excluding hydrogens is 362 g/mol. The van der Waals surface area contributed by atoms with Gasteiger partial charge in [0.1, 0.15) is 11.9 Å². The van der Waals surface area contributed by atoms with E-state index in [0.717, 1.165) is 49.0 Å². The average molecular weight is 389 g/mol. The second kappa shape index (κ2) is 7.64. The molecule has 1 saturated heterocycles. The van der Waals surface area contributed by atoms with Gasteiger partial charge in [0.05, 0.1) is 23.6 Å². The molecule has 1 amide bonds. The van der Waals surface area contributed by atoms with Crippen molar-refractivity contribution in [3.63, 3.8) is 0 Å². The number of amides is 1. The van der Waals surface area contributed by atoms with Crippen LogP contribution >= 0.6 is 0 Å². The van der Waals surface area contributed by atoms with Gasteiger partial charge in [-0.25, -0.2) is 4.98 Å². The second-order valence-electron chi connectivity index (χ2n) is 8.15. The van der Waals surface area contributed by atoms with Gasteiger partial charge in [0, 0.05) is 13.7 Å². The van der Waals surface area contributed by atoms with Crippen molar-refractivity contribution in [1.82, 2.24) is 14.5 Å². The number of fused-ring (bicyclic) bond motifs is 2. The van der Waals surface area contributed by atoms with Crippen molar-refractivity contribution in [2.75, 3.05) is 6.61 Å². The van der Waals surface area contributed by atoms with Gasteiger partial charge >= 0.3 is 0 Å². The number of carbonyl (C=O) groups is 1. The SMILES string of the molecule is Cn1c(CN(C(=O)[C@H]2CCCO2)[C@H]2CCCc3ccccc32)nc2ccccc21. The first-order valence-corrected chi connectivity index (χ1v) is 10.6. The lowest BCUT2D eigenvalue weighted by atomic mass is 9.86. The predicted molar refractivity (Wildman–Crippen MR) is 112 cm³/mol.